The van der Waals surface area contributed by atoms with Crippen LogP contribution in [-0.4, -0.2) is 12.5 Å². The highest BCUT2D eigenvalue weighted by atomic mass is 35.5. The molecular formula is C28H25Cl2NO4. The summed E-state index contributed by atoms with van der Waals surface area (Å²) in [4.78, 5) is 25.9. The molecule has 0 radical (unpaired) electrons. The molecule has 0 atom stereocenters. The predicted molar refractivity (Wildman–Crippen MR) is 142 cm³/mol. The molecule has 7 heteroatoms. The Morgan fingerprint density at radius 3 is 2.34 bits per heavy atom. The maximum absolute atomic E-state index is 13.4. The molecule has 180 valence electrons. The zero-order valence-electron chi connectivity index (χ0n) is 19.9. The van der Waals surface area contributed by atoms with Crippen molar-refractivity contribution >= 4 is 45.8 Å². The Labute approximate surface area is 213 Å². The predicted octanol–water partition coefficient (Wildman–Crippen LogP) is 7.39. The highest BCUT2D eigenvalue weighted by Crippen LogP contribution is 2.33. The highest BCUT2D eigenvalue weighted by molar-refractivity contribution is 6.42. The van der Waals surface area contributed by atoms with E-state index in [1.165, 1.54) is 6.07 Å². The van der Waals surface area contributed by atoms with Crippen LogP contribution in [0, 0.1) is 6.92 Å². The van der Waals surface area contributed by atoms with Crippen LogP contribution in [0.3, 0.4) is 0 Å². The van der Waals surface area contributed by atoms with Gasteiger partial charge in [-0.25, -0.2) is 0 Å². The van der Waals surface area contributed by atoms with E-state index in [2.05, 4.69) is 26.1 Å². The molecule has 1 aromatic heterocycles. The fourth-order valence-corrected chi connectivity index (χ4v) is 3.93. The molecule has 0 spiro atoms. The number of anilines is 1. The Morgan fingerprint density at radius 2 is 1.69 bits per heavy atom. The van der Waals surface area contributed by atoms with Crippen molar-refractivity contribution in [2.45, 2.75) is 33.1 Å². The van der Waals surface area contributed by atoms with Gasteiger partial charge in [0.2, 0.25) is 11.2 Å². The van der Waals surface area contributed by atoms with Gasteiger partial charge in [-0.1, -0.05) is 74.3 Å². The number of ether oxygens (including phenoxy) is 1. The van der Waals surface area contributed by atoms with Gasteiger partial charge in [-0.05, 0) is 53.8 Å². The largest absolute Gasteiger partial charge is 0.476 e. The van der Waals surface area contributed by atoms with Crippen LogP contribution >= 0.6 is 23.2 Å². The lowest BCUT2D eigenvalue weighted by molar-refractivity contribution is -0.118. The van der Waals surface area contributed by atoms with Gasteiger partial charge in [-0.15, -0.1) is 0 Å². The van der Waals surface area contributed by atoms with Gasteiger partial charge in [0.25, 0.3) is 5.91 Å². The maximum Gasteiger partial charge on any atom is 0.262 e. The third kappa shape index (κ3) is 5.53. The number of carbonyl (C=O) groups is 1. The standard InChI is InChI=1S/C28H25Cl2NO4/c1-16-5-11-20-23(13-16)35-26(17-6-8-18(9-7-17)28(2,3)4)27(25(20)33)34-15-24(32)31-19-10-12-21(29)22(30)14-19/h5-14H,15H2,1-4H3,(H,31,32). The molecule has 0 unspecified atom stereocenters. The molecule has 1 amide bonds. The molecule has 0 fully saturated rings. The van der Waals surface area contributed by atoms with Crippen molar-refractivity contribution in [1.82, 2.24) is 0 Å². The van der Waals surface area contributed by atoms with Gasteiger partial charge < -0.3 is 14.5 Å². The first-order valence-corrected chi connectivity index (χ1v) is 11.8. The Kier molecular flexibility index (Phi) is 6.93. The fourth-order valence-electron chi connectivity index (χ4n) is 3.63. The van der Waals surface area contributed by atoms with Crippen LogP contribution in [-0.2, 0) is 10.2 Å². The van der Waals surface area contributed by atoms with E-state index in [0.29, 0.717) is 32.3 Å². The van der Waals surface area contributed by atoms with E-state index in [4.69, 9.17) is 32.4 Å². The second-order valence-electron chi connectivity index (χ2n) is 9.38. The Hall–Kier alpha value is -3.28. The zero-order valence-corrected chi connectivity index (χ0v) is 21.4. The Bertz CT molecular complexity index is 1470. The van der Waals surface area contributed by atoms with Gasteiger partial charge in [-0.3, -0.25) is 9.59 Å². The average Bonchev–Trinajstić information content (AvgIpc) is 2.80. The average molecular weight is 510 g/mol. The summed E-state index contributed by atoms with van der Waals surface area (Å²) < 4.78 is 11.9. The summed E-state index contributed by atoms with van der Waals surface area (Å²) in [6, 6.07) is 17.9. The van der Waals surface area contributed by atoms with Gasteiger partial charge >= 0.3 is 0 Å². The molecule has 1 heterocycles. The molecule has 4 rings (SSSR count). The zero-order chi connectivity index (χ0) is 25.3. The van der Waals surface area contributed by atoms with Crippen molar-refractivity contribution in [1.29, 1.82) is 0 Å². The molecule has 0 saturated carbocycles. The maximum atomic E-state index is 13.4. The van der Waals surface area contributed by atoms with E-state index < -0.39 is 12.5 Å². The highest BCUT2D eigenvalue weighted by Gasteiger charge is 2.20. The molecule has 35 heavy (non-hydrogen) atoms. The minimum absolute atomic E-state index is 0.0193. The molecule has 3 aromatic carbocycles. The number of benzene rings is 3. The van der Waals surface area contributed by atoms with Crippen LogP contribution in [0.15, 0.2) is 69.9 Å². The van der Waals surface area contributed by atoms with Crippen LogP contribution in [0.1, 0.15) is 31.9 Å². The summed E-state index contributed by atoms with van der Waals surface area (Å²) >= 11 is 11.9. The second kappa shape index (κ2) is 9.76. The quantitative estimate of drug-likeness (QED) is 0.304. The first-order valence-electron chi connectivity index (χ1n) is 11.1. The minimum Gasteiger partial charge on any atom is -0.476 e. The first-order chi connectivity index (χ1) is 16.5. The molecule has 0 aliphatic heterocycles. The van der Waals surface area contributed by atoms with Crippen LogP contribution in [0.25, 0.3) is 22.3 Å². The van der Waals surface area contributed by atoms with E-state index >= 15 is 0 Å². The fraction of sp³-hybridized carbons (Fsp3) is 0.214. The van der Waals surface area contributed by atoms with Crippen molar-refractivity contribution < 1.29 is 13.9 Å². The summed E-state index contributed by atoms with van der Waals surface area (Å²) in [6.07, 6.45) is 0. The molecule has 5 nitrogen and oxygen atoms in total. The number of halogens is 2. The lowest BCUT2D eigenvalue weighted by Gasteiger charge is -2.19. The van der Waals surface area contributed by atoms with E-state index in [-0.39, 0.29) is 22.4 Å². The smallest absolute Gasteiger partial charge is 0.262 e. The Morgan fingerprint density at radius 1 is 0.971 bits per heavy atom. The number of hydrogen-bond acceptors (Lipinski definition) is 4. The van der Waals surface area contributed by atoms with Crippen LogP contribution < -0.4 is 15.5 Å². The minimum atomic E-state index is -0.458. The summed E-state index contributed by atoms with van der Waals surface area (Å²) in [5.74, 6) is -0.203. The van der Waals surface area contributed by atoms with Gasteiger partial charge in [0.15, 0.2) is 12.4 Å². The van der Waals surface area contributed by atoms with Crippen molar-refractivity contribution in [2.75, 3.05) is 11.9 Å². The summed E-state index contributed by atoms with van der Waals surface area (Å²) in [7, 11) is 0. The van der Waals surface area contributed by atoms with Gasteiger partial charge in [0.1, 0.15) is 5.58 Å². The van der Waals surface area contributed by atoms with E-state index in [1.807, 2.05) is 43.3 Å². The Balaban J connectivity index is 1.69. The first kappa shape index (κ1) is 24.8. The lowest BCUT2D eigenvalue weighted by Crippen LogP contribution is -2.22. The lowest BCUT2D eigenvalue weighted by atomic mass is 9.86. The van der Waals surface area contributed by atoms with E-state index in [9.17, 15) is 9.59 Å². The van der Waals surface area contributed by atoms with Crippen molar-refractivity contribution in [3.8, 4) is 17.1 Å². The number of carbonyl (C=O) groups excluding carboxylic acids is 1. The SMILES string of the molecule is Cc1ccc2c(=O)c(OCC(=O)Nc3ccc(Cl)c(Cl)c3)c(-c3ccc(C(C)(C)C)cc3)oc2c1. The second-order valence-corrected chi connectivity index (χ2v) is 10.2. The van der Waals surface area contributed by atoms with E-state index in [0.717, 1.165) is 11.1 Å². The number of amides is 1. The number of hydrogen-bond donors (Lipinski definition) is 1. The van der Waals surface area contributed by atoms with Crippen molar-refractivity contribution in [3.63, 3.8) is 0 Å². The van der Waals surface area contributed by atoms with Gasteiger partial charge in [0.05, 0.1) is 15.4 Å². The molecule has 0 saturated heterocycles. The topological polar surface area (TPSA) is 68.5 Å². The summed E-state index contributed by atoms with van der Waals surface area (Å²) in [5.41, 5.74) is 3.33. The summed E-state index contributed by atoms with van der Waals surface area (Å²) in [6.45, 7) is 7.91. The van der Waals surface area contributed by atoms with E-state index in [1.54, 1.807) is 18.2 Å². The molecular weight excluding hydrogens is 485 g/mol. The van der Waals surface area contributed by atoms with Crippen molar-refractivity contribution in [2.24, 2.45) is 0 Å². The van der Waals surface area contributed by atoms with Crippen LogP contribution in [0.2, 0.25) is 10.0 Å². The monoisotopic (exact) mass is 509 g/mol. The normalized spacial score (nSPS) is 11.5. The molecule has 0 bridgehead atoms. The van der Waals surface area contributed by atoms with Crippen LogP contribution in [0.4, 0.5) is 5.69 Å². The third-order valence-corrected chi connectivity index (χ3v) is 6.31. The number of aryl methyl sites for hydroxylation is 1. The number of rotatable bonds is 5. The molecule has 4 aromatic rings. The summed E-state index contributed by atoms with van der Waals surface area (Å²) in [5, 5.41) is 3.77. The number of fused-ring (bicyclic) bond motifs is 1. The third-order valence-electron chi connectivity index (χ3n) is 5.57. The molecule has 0 aliphatic rings. The van der Waals surface area contributed by atoms with Gasteiger partial charge in [0, 0.05) is 11.3 Å². The van der Waals surface area contributed by atoms with Crippen molar-refractivity contribution in [3.05, 3.63) is 92.1 Å². The van der Waals surface area contributed by atoms with Gasteiger partial charge in [-0.2, -0.15) is 0 Å². The molecule has 0 aliphatic carbocycles. The van der Waals surface area contributed by atoms with Crippen LogP contribution in [0.5, 0.6) is 5.75 Å². The number of nitrogens with one attached hydrogen (secondary N) is 1. The molecule has 1 N–H and O–H groups in total.